The van der Waals surface area contributed by atoms with E-state index in [4.69, 9.17) is 10.00 Å². The Hall–Kier alpha value is -2.55. The van der Waals surface area contributed by atoms with E-state index in [2.05, 4.69) is 4.98 Å². The zero-order valence-corrected chi connectivity index (χ0v) is 10.4. The molecule has 0 saturated heterocycles. The standard InChI is InChI=1S/C14H9F3N2O/c1-20-11-2-3-12(13(7-11)14(15,16)17)9-4-5-19-10(6-9)8-18/h2-7H,1H3. The van der Waals surface area contributed by atoms with Crippen LogP contribution in [0.3, 0.4) is 0 Å². The summed E-state index contributed by atoms with van der Waals surface area (Å²) in [5.74, 6) is 0.121. The van der Waals surface area contributed by atoms with Gasteiger partial charge in [0.15, 0.2) is 0 Å². The number of nitrogens with zero attached hydrogens (tertiary/aromatic N) is 2. The van der Waals surface area contributed by atoms with E-state index in [1.807, 2.05) is 0 Å². The number of benzene rings is 1. The fraction of sp³-hybridized carbons (Fsp3) is 0.143. The topological polar surface area (TPSA) is 45.9 Å². The average molecular weight is 278 g/mol. The first kappa shape index (κ1) is 13.9. The van der Waals surface area contributed by atoms with Crippen LogP contribution in [0.2, 0.25) is 0 Å². The molecule has 0 unspecified atom stereocenters. The number of ether oxygens (including phenoxy) is 1. The van der Waals surface area contributed by atoms with E-state index < -0.39 is 11.7 Å². The minimum Gasteiger partial charge on any atom is -0.497 e. The highest BCUT2D eigenvalue weighted by Gasteiger charge is 2.34. The largest absolute Gasteiger partial charge is 0.497 e. The molecule has 0 atom stereocenters. The highest BCUT2D eigenvalue weighted by atomic mass is 19.4. The minimum absolute atomic E-state index is 0.0165. The van der Waals surface area contributed by atoms with E-state index in [-0.39, 0.29) is 22.6 Å². The summed E-state index contributed by atoms with van der Waals surface area (Å²) in [6.07, 6.45) is -3.21. The van der Waals surface area contributed by atoms with Crippen LogP contribution in [0.25, 0.3) is 11.1 Å². The molecule has 0 spiro atoms. The molecule has 1 heterocycles. The fourth-order valence-electron chi connectivity index (χ4n) is 1.80. The van der Waals surface area contributed by atoms with Gasteiger partial charge in [0.1, 0.15) is 17.5 Å². The zero-order chi connectivity index (χ0) is 14.8. The van der Waals surface area contributed by atoms with Crippen LogP contribution in [0.4, 0.5) is 13.2 Å². The predicted molar refractivity (Wildman–Crippen MR) is 65.9 cm³/mol. The lowest BCUT2D eigenvalue weighted by molar-refractivity contribution is -0.137. The summed E-state index contributed by atoms with van der Waals surface area (Å²) in [6, 6.07) is 8.24. The van der Waals surface area contributed by atoms with Crippen LogP contribution in [-0.2, 0) is 6.18 Å². The maximum atomic E-state index is 13.1. The van der Waals surface area contributed by atoms with Crippen molar-refractivity contribution >= 4 is 0 Å². The first-order chi connectivity index (χ1) is 9.45. The summed E-state index contributed by atoms with van der Waals surface area (Å²) in [5.41, 5.74) is -0.484. The van der Waals surface area contributed by atoms with Crippen LogP contribution in [0.15, 0.2) is 36.5 Å². The molecule has 0 saturated carbocycles. The number of nitriles is 1. The van der Waals surface area contributed by atoms with Crippen LogP contribution >= 0.6 is 0 Å². The molecule has 0 amide bonds. The summed E-state index contributed by atoms with van der Waals surface area (Å²) < 4.78 is 44.1. The molecule has 0 bridgehead atoms. The summed E-state index contributed by atoms with van der Waals surface area (Å²) in [4.78, 5) is 3.74. The molecule has 2 aromatic rings. The second-order valence-electron chi connectivity index (χ2n) is 3.95. The normalized spacial score (nSPS) is 10.9. The highest BCUT2D eigenvalue weighted by molar-refractivity contribution is 5.69. The van der Waals surface area contributed by atoms with E-state index in [1.165, 1.54) is 37.6 Å². The summed E-state index contributed by atoms with van der Waals surface area (Å²) in [6.45, 7) is 0. The predicted octanol–water partition coefficient (Wildman–Crippen LogP) is 3.65. The van der Waals surface area contributed by atoms with Crippen LogP contribution < -0.4 is 4.74 Å². The number of methoxy groups -OCH3 is 1. The molecule has 3 nitrogen and oxygen atoms in total. The molecule has 6 heteroatoms. The van der Waals surface area contributed by atoms with Gasteiger partial charge < -0.3 is 4.74 Å². The number of aromatic nitrogens is 1. The smallest absolute Gasteiger partial charge is 0.417 e. The van der Waals surface area contributed by atoms with Gasteiger partial charge in [0.05, 0.1) is 12.7 Å². The molecular weight excluding hydrogens is 269 g/mol. The molecule has 0 aliphatic rings. The van der Waals surface area contributed by atoms with Crippen molar-refractivity contribution in [3.8, 4) is 22.9 Å². The Morgan fingerprint density at radius 1 is 1.20 bits per heavy atom. The van der Waals surface area contributed by atoms with Crippen molar-refractivity contribution in [2.24, 2.45) is 0 Å². The van der Waals surface area contributed by atoms with Gasteiger partial charge in [-0.05, 0) is 35.4 Å². The van der Waals surface area contributed by atoms with Gasteiger partial charge in [0, 0.05) is 6.20 Å². The van der Waals surface area contributed by atoms with Gasteiger partial charge in [-0.3, -0.25) is 0 Å². The van der Waals surface area contributed by atoms with Crippen LogP contribution in [0.5, 0.6) is 5.75 Å². The monoisotopic (exact) mass is 278 g/mol. The zero-order valence-electron chi connectivity index (χ0n) is 10.4. The van der Waals surface area contributed by atoms with Gasteiger partial charge in [0.2, 0.25) is 0 Å². The van der Waals surface area contributed by atoms with E-state index in [1.54, 1.807) is 6.07 Å². The highest BCUT2D eigenvalue weighted by Crippen LogP contribution is 2.39. The summed E-state index contributed by atoms with van der Waals surface area (Å²) in [5, 5.41) is 8.77. The van der Waals surface area contributed by atoms with Crippen LogP contribution in [0.1, 0.15) is 11.3 Å². The van der Waals surface area contributed by atoms with Crippen molar-refractivity contribution in [1.82, 2.24) is 4.98 Å². The lowest BCUT2D eigenvalue weighted by Crippen LogP contribution is -2.07. The molecule has 1 aromatic heterocycles. The summed E-state index contributed by atoms with van der Waals surface area (Å²) in [7, 11) is 1.30. The first-order valence-electron chi connectivity index (χ1n) is 5.57. The molecular formula is C14H9F3N2O. The van der Waals surface area contributed by atoms with E-state index in [0.717, 1.165) is 6.07 Å². The molecule has 20 heavy (non-hydrogen) atoms. The number of hydrogen-bond donors (Lipinski definition) is 0. The third-order valence-corrected chi connectivity index (χ3v) is 2.72. The van der Waals surface area contributed by atoms with Gasteiger partial charge in [-0.25, -0.2) is 4.98 Å². The molecule has 0 aliphatic carbocycles. The molecule has 102 valence electrons. The van der Waals surface area contributed by atoms with Crippen molar-refractivity contribution in [3.05, 3.63) is 47.8 Å². The molecule has 0 aliphatic heterocycles. The molecule has 2 rings (SSSR count). The maximum absolute atomic E-state index is 13.1. The first-order valence-corrected chi connectivity index (χ1v) is 5.57. The van der Waals surface area contributed by atoms with Gasteiger partial charge in [-0.2, -0.15) is 18.4 Å². The fourth-order valence-corrected chi connectivity index (χ4v) is 1.80. The van der Waals surface area contributed by atoms with Gasteiger partial charge in [0.25, 0.3) is 0 Å². The molecule has 0 fully saturated rings. The Kier molecular flexibility index (Phi) is 3.61. The van der Waals surface area contributed by atoms with Crippen molar-refractivity contribution in [3.63, 3.8) is 0 Å². The Morgan fingerprint density at radius 2 is 1.95 bits per heavy atom. The van der Waals surface area contributed by atoms with Crippen molar-refractivity contribution in [1.29, 1.82) is 5.26 Å². The average Bonchev–Trinajstić information content (AvgIpc) is 2.45. The van der Waals surface area contributed by atoms with Crippen molar-refractivity contribution in [2.45, 2.75) is 6.18 Å². The lowest BCUT2D eigenvalue weighted by atomic mass is 9.99. The third-order valence-electron chi connectivity index (χ3n) is 2.72. The number of alkyl halides is 3. The van der Waals surface area contributed by atoms with Crippen LogP contribution in [-0.4, -0.2) is 12.1 Å². The van der Waals surface area contributed by atoms with Crippen molar-refractivity contribution < 1.29 is 17.9 Å². The van der Waals surface area contributed by atoms with Crippen molar-refractivity contribution in [2.75, 3.05) is 7.11 Å². The Labute approximate surface area is 113 Å². The maximum Gasteiger partial charge on any atom is 0.417 e. The molecule has 1 aromatic carbocycles. The van der Waals surface area contributed by atoms with Gasteiger partial charge in [-0.15, -0.1) is 0 Å². The SMILES string of the molecule is COc1ccc(-c2ccnc(C#N)c2)c(C(F)(F)F)c1. The molecule has 0 radical (unpaired) electrons. The Morgan fingerprint density at radius 3 is 2.55 bits per heavy atom. The second-order valence-corrected chi connectivity index (χ2v) is 3.95. The van der Waals surface area contributed by atoms with E-state index in [9.17, 15) is 13.2 Å². The Bertz CT molecular complexity index is 675. The summed E-state index contributed by atoms with van der Waals surface area (Å²) >= 11 is 0. The number of halogens is 3. The van der Waals surface area contributed by atoms with E-state index in [0.29, 0.717) is 0 Å². The quantitative estimate of drug-likeness (QED) is 0.842. The number of hydrogen-bond acceptors (Lipinski definition) is 3. The number of rotatable bonds is 2. The van der Waals surface area contributed by atoms with Gasteiger partial charge >= 0.3 is 6.18 Å². The van der Waals surface area contributed by atoms with Crippen LogP contribution in [0, 0.1) is 11.3 Å². The third kappa shape index (κ3) is 2.72. The molecule has 0 N–H and O–H groups in total. The minimum atomic E-state index is -4.51. The number of pyridine rings is 1. The lowest BCUT2D eigenvalue weighted by Gasteiger charge is -2.14. The van der Waals surface area contributed by atoms with E-state index >= 15 is 0 Å². The second kappa shape index (κ2) is 5.21. The van der Waals surface area contributed by atoms with Gasteiger partial charge in [-0.1, -0.05) is 6.07 Å². The Balaban J connectivity index is 2.64.